The lowest BCUT2D eigenvalue weighted by Gasteiger charge is -2.24. The molecule has 0 unspecified atom stereocenters. The van der Waals surface area contributed by atoms with Crippen molar-refractivity contribution in [1.29, 1.82) is 0 Å². The zero-order valence-electron chi connectivity index (χ0n) is 17.5. The molecule has 1 saturated heterocycles. The summed E-state index contributed by atoms with van der Waals surface area (Å²) in [5, 5.41) is 7.05. The smallest absolute Gasteiger partial charge is 0.410 e. The van der Waals surface area contributed by atoms with Crippen molar-refractivity contribution in [2.75, 3.05) is 19.6 Å². The van der Waals surface area contributed by atoms with Crippen LogP contribution < -0.4 is 5.32 Å². The third kappa shape index (κ3) is 3.61. The van der Waals surface area contributed by atoms with Gasteiger partial charge in [0.05, 0.1) is 5.69 Å². The van der Waals surface area contributed by atoms with E-state index < -0.39 is 5.60 Å². The van der Waals surface area contributed by atoms with Crippen LogP contribution in [0.3, 0.4) is 0 Å². The summed E-state index contributed by atoms with van der Waals surface area (Å²) in [7, 11) is 0. The van der Waals surface area contributed by atoms with E-state index in [2.05, 4.69) is 10.5 Å². The van der Waals surface area contributed by atoms with Crippen LogP contribution in [0, 0.1) is 19.8 Å². The average Bonchev–Trinajstić information content (AvgIpc) is 3.18. The Labute approximate surface area is 170 Å². The molecule has 7 heteroatoms. The van der Waals surface area contributed by atoms with E-state index in [0.717, 1.165) is 28.1 Å². The highest BCUT2D eigenvalue weighted by Gasteiger charge is 2.41. The number of rotatable bonds is 1. The monoisotopic (exact) mass is 397 g/mol. The number of carbonyl (C=O) groups excluding carboxylic acids is 2. The molecular formula is C22H27N3O4. The van der Waals surface area contributed by atoms with Crippen molar-refractivity contribution in [2.45, 2.75) is 46.1 Å². The lowest BCUT2D eigenvalue weighted by molar-refractivity contribution is 0.0287. The average molecular weight is 397 g/mol. The van der Waals surface area contributed by atoms with Crippen molar-refractivity contribution in [3.63, 3.8) is 0 Å². The SMILES string of the molecule is Cc1noc(C)c1-c1ccc2c(c1)C(=O)NC[C@@H]1CN(C(=O)OC(C)(C)C)C[C@@H]21. The Bertz CT molecular complexity index is 953. The van der Waals surface area contributed by atoms with Crippen LogP contribution in [0.5, 0.6) is 0 Å². The zero-order valence-corrected chi connectivity index (χ0v) is 17.5. The number of fused-ring (bicyclic) bond motifs is 3. The Morgan fingerprint density at radius 3 is 2.69 bits per heavy atom. The van der Waals surface area contributed by atoms with E-state index in [0.29, 0.717) is 25.2 Å². The largest absolute Gasteiger partial charge is 0.444 e. The number of benzene rings is 1. The van der Waals surface area contributed by atoms with E-state index in [9.17, 15) is 9.59 Å². The summed E-state index contributed by atoms with van der Waals surface area (Å²) in [6, 6.07) is 5.94. The van der Waals surface area contributed by atoms with Gasteiger partial charge in [-0.1, -0.05) is 17.3 Å². The van der Waals surface area contributed by atoms with Crippen molar-refractivity contribution in [2.24, 2.45) is 5.92 Å². The molecule has 2 atom stereocenters. The summed E-state index contributed by atoms with van der Waals surface area (Å²) in [4.78, 5) is 27.1. The van der Waals surface area contributed by atoms with Crippen molar-refractivity contribution < 1.29 is 18.8 Å². The van der Waals surface area contributed by atoms with E-state index in [1.54, 1.807) is 4.90 Å². The molecule has 0 saturated carbocycles. The van der Waals surface area contributed by atoms with Gasteiger partial charge in [-0.2, -0.15) is 0 Å². The third-order valence-electron chi connectivity index (χ3n) is 5.64. The summed E-state index contributed by atoms with van der Waals surface area (Å²) in [6.07, 6.45) is -0.300. The summed E-state index contributed by atoms with van der Waals surface area (Å²) >= 11 is 0. The lowest BCUT2D eigenvalue weighted by Crippen LogP contribution is -2.36. The van der Waals surface area contributed by atoms with Crippen LogP contribution in [0.4, 0.5) is 4.79 Å². The van der Waals surface area contributed by atoms with Gasteiger partial charge in [-0.15, -0.1) is 0 Å². The summed E-state index contributed by atoms with van der Waals surface area (Å²) in [6.45, 7) is 11.0. The standard InChI is InChI=1S/C22H27N3O4/c1-12-19(13(2)29-24-12)14-6-7-16-17(8-14)20(26)23-9-15-10-25(11-18(15)16)21(27)28-22(3,4)5/h6-8,15,18H,9-11H2,1-5H3,(H,23,26)/t15-,18-/m1/s1. The zero-order chi connectivity index (χ0) is 20.9. The molecule has 0 spiro atoms. The number of amides is 2. The van der Waals surface area contributed by atoms with Crippen molar-refractivity contribution >= 4 is 12.0 Å². The molecule has 2 aromatic rings. The number of nitrogens with one attached hydrogen (secondary N) is 1. The highest BCUT2D eigenvalue weighted by Crippen LogP contribution is 2.39. The van der Waals surface area contributed by atoms with Gasteiger partial charge >= 0.3 is 6.09 Å². The summed E-state index contributed by atoms with van der Waals surface area (Å²) in [5.41, 5.74) is 3.73. The van der Waals surface area contributed by atoms with Crippen LogP contribution in [-0.4, -0.2) is 47.3 Å². The molecule has 2 aliphatic rings. The molecular weight excluding hydrogens is 370 g/mol. The Balaban J connectivity index is 1.66. The van der Waals surface area contributed by atoms with Gasteiger partial charge in [0.25, 0.3) is 5.91 Å². The molecule has 154 valence electrons. The van der Waals surface area contributed by atoms with Crippen LogP contribution in [0.1, 0.15) is 54.1 Å². The molecule has 4 rings (SSSR count). The minimum absolute atomic E-state index is 0.0770. The Morgan fingerprint density at radius 2 is 2.03 bits per heavy atom. The Hall–Kier alpha value is -2.83. The minimum atomic E-state index is -0.531. The van der Waals surface area contributed by atoms with Gasteiger partial charge in [0.15, 0.2) is 0 Å². The molecule has 0 bridgehead atoms. The molecule has 2 aliphatic heterocycles. The molecule has 1 N–H and O–H groups in total. The summed E-state index contributed by atoms with van der Waals surface area (Å²) < 4.78 is 10.8. The van der Waals surface area contributed by atoms with Gasteiger partial charge in [0.2, 0.25) is 0 Å². The van der Waals surface area contributed by atoms with Crippen molar-refractivity contribution in [3.8, 4) is 11.1 Å². The molecule has 2 amide bonds. The van der Waals surface area contributed by atoms with Crippen LogP contribution in [0.15, 0.2) is 22.7 Å². The maximum Gasteiger partial charge on any atom is 0.410 e. The highest BCUT2D eigenvalue weighted by molar-refractivity contribution is 5.98. The first-order chi connectivity index (χ1) is 13.6. The summed E-state index contributed by atoms with van der Waals surface area (Å²) in [5.74, 6) is 0.908. The molecule has 1 fully saturated rings. The maximum atomic E-state index is 12.8. The van der Waals surface area contributed by atoms with Gasteiger partial charge in [0.1, 0.15) is 11.4 Å². The molecule has 29 heavy (non-hydrogen) atoms. The van der Waals surface area contributed by atoms with Gasteiger partial charge < -0.3 is 19.5 Å². The molecule has 1 aromatic heterocycles. The lowest BCUT2D eigenvalue weighted by atomic mass is 9.86. The fourth-order valence-electron chi connectivity index (χ4n) is 4.35. The minimum Gasteiger partial charge on any atom is -0.444 e. The quantitative estimate of drug-likeness (QED) is 0.794. The number of hydrogen-bond acceptors (Lipinski definition) is 5. The predicted molar refractivity (Wildman–Crippen MR) is 108 cm³/mol. The normalized spacial score (nSPS) is 21.3. The van der Waals surface area contributed by atoms with E-state index in [1.165, 1.54) is 0 Å². The number of hydrogen-bond donors (Lipinski definition) is 1. The number of aryl methyl sites for hydroxylation is 2. The molecule has 1 aromatic carbocycles. The number of ether oxygens (including phenoxy) is 1. The number of aromatic nitrogens is 1. The second-order valence-corrected chi connectivity index (χ2v) is 8.96. The van der Waals surface area contributed by atoms with E-state index in [1.807, 2.05) is 52.8 Å². The number of nitrogens with zero attached hydrogens (tertiary/aromatic N) is 2. The third-order valence-corrected chi connectivity index (χ3v) is 5.64. The van der Waals surface area contributed by atoms with Gasteiger partial charge in [-0.25, -0.2) is 4.79 Å². The fraction of sp³-hybridized carbons (Fsp3) is 0.500. The molecule has 0 aliphatic carbocycles. The first-order valence-electron chi connectivity index (χ1n) is 9.97. The van der Waals surface area contributed by atoms with Crippen LogP contribution >= 0.6 is 0 Å². The van der Waals surface area contributed by atoms with Crippen molar-refractivity contribution in [1.82, 2.24) is 15.4 Å². The first-order valence-corrected chi connectivity index (χ1v) is 9.97. The second-order valence-electron chi connectivity index (χ2n) is 8.96. The maximum absolute atomic E-state index is 12.8. The van der Waals surface area contributed by atoms with Gasteiger partial charge in [-0.3, -0.25) is 4.79 Å². The Morgan fingerprint density at radius 1 is 1.28 bits per heavy atom. The van der Waals surface area contributed by atoms with Crippen LogP contribution in [-0.2, 0) is 4.74 Å². The first kappa shape index (κ1) is 19.5. The van der Waals surface area contributed by atoms with E-state index >= 15 is 0 Å². The second kappa shape index (κ2) is 6.90. The number of likely N-dealkylation sites (tertiary alicyclic amines) is 1. The predicted octanol–water partition coefficient (Wildman–Crippen LogP) is 3.65. The van der Waals surface area contributed by atoms with E-state index in [4.69, 9.17) is 9.26 Å². The Kier molecular flexibility index (Phi) is 4.63. The fourth-order valence-corrected chi connectivity index (χ4v) is 4.35. The van der Waals surface area contributed by atoms with Crippen LogP contribution in [0.2, 0.25) is 0 Å². The molecule has 7 nitrogen and oxygen atoms in total. The van der Waals surface area contributed by atoms with Crippen molar-refractivity contribution in [3.05, 3.63) is 40.8 Å². The molecule has 3 heterocycles. The topological polar surface area (TPSA) is 84.7 Å². The van der Waals surface area contributed by atoms with Gasteiger partial charge in [0, 0.05) is 42.6 Å². The van der Waals surface area contributed by atoms with E-state index in [-0.39, 0.29) is 23.8 Å². The number of carbonyl (C=O) groups is 2. The van der Waals surface area contributed by atoms with Crippen LogP contribution in [0.25, 0.3) is 11.1 Å². The highest BCUT2D eigenvalue weighted by atomic mass is 16.6. The van der Waals surface area contributed by atoms with Gasteiger partial charge in [-0.05, 0) is 51.8 Å². The molecule has 0 radical (unpaired) electrons.